The molecule has 4 heteroatoms. The summed E-state index contributed by atoms with van der Waals surface area (Å²) in [6, 6.07) is 0.335. The van der Waals surface area contributed by atoms with Gasteiger partial charge in [0.25, 0.3) is 0 Å². The van der Waals surface area contributed by atoms with Crippen molar-refractivity contribution < 1.29 is 14.2 Å². The second-order valence-electron chi connectivity index (χ2n) is 22.1. The van der Waals surface area contributed by atoms with Crippen LogP contribution in [0.3, 0.4) is 0 Å². The van der Waals surface area contributed by atoms with Crippen LogP contribution in [0.15, 0.2) is 23.8 Å². The van der Waals surface area contributed by atoms with Crippen LogP contribution in [0.4, 0.5) is 0 Å². The average molecular weight is 838 g/mol. The number of nitrogens with zero attached hydrogens (tertiary/aromatic N) is 1. The van der Waals surface area contributed by atoms with Crippen molar-refractivity contribution in [3.63, 3.8) is 0 Å². The Bertz CT molecular complexity index is 1160. The molecule has 9 atom stereocenters. The van der Waals surface area contributed by atoms with Crippen LogP contribution in [0.5, 0.6) is 0 Å². The zero-order valence-corrected chi connectivity index (χ0v) is 41.6. The highest BCUT2D eigenvalue weighted by Gasteiger charge is 2.59. The summed E-state index contributed by atoms with van der Waals surface area (Å²) in [6.07, 6.45) is 47.0. The fourth-order valence-corrected chi connectivity index (χ4v) is 12.9. The molecule has 4 nitrogen and oxygen atoms in total. The van der Waals surface area contributed by atoms with Gasteiger partial charge < -0.3 is 19.1 Å². The van der Waals surface area contributed by atoms with Crippen molar-refractivity contribution in [1.29, 1.82) is 0 Å². The fourth-order valence-electron chi connectivity index (χ4n) is 12.9. The number of hydrogen-bond acceptors (Lipinski definition) is 4. The summed E-state index contributed by atoms with van der Waals surface area (Å²) in [5.74, 6) is 5.48. The molecule has 0 bridgehead atoms. The SMILES string of the molecule is CCCCCCCCC=CCCCCCCCCOC[C@@H](COCCCCCCO[C@H]1CC[C@@]2(C)C(=CCC3C4CCC(C(C)CCCC(C)C)[C@@]4(C)CCC32)C1)N(C)C. The Labute approximate surface area is 375 Å². The van der Waals surface area contributed by atoms with Gasteiger partial charge >= 0.3 is 0 Å². The molecular weight excluding hydrogens is 735 g/mol. The van der Waals surface area contributed by atoms with E-state index in [4.69, 9.17) is 14.2 Å². The van der Waals surface area contributed by atoms with E-state index in [0.717, 1.165) is 75.0 Å². The lowest BCUT2D eigenvalue weighted by Crippen LogP contribution is -2.51. The minimum atomic E-state index is 0.335. The highest BCUT2D eigenvalue weighted by Crippen LogP contribution is 2.67. The third-order valence-electron chi connectivity index (χ3n) is 16.9. The van der Waals surface area contributed by atoms with Crippen molar-refractivity contribution in [2.24, 2.45) is 46.3 Å². The van der Waals surface area contributed by atoms with Crippen molar-refractivity contribution in [3.8, 4) is 0 Å². The Morgan fingerprint density at radius 1 is 0.667 bits per heavy atom. The van der Waals surface area contributed by atoms with Crippen LogP contribution in [0.1, 0.15) is 228 Å². The Morgan fingerprint density at radius 2 is 1.27 bits per heavy atom. The van der Waals surface area contributed by atoms with Crippen molar-refractivity contribution in [2.75, 3.05) is 47.1 Å². The molecule has 3 fully saturated rings. The van der Waals surface area contributed by atoms with Crippen molar-refractivity contribution in [2.45, 2.75) is 240 Å². The summed E-state index contributed by atoms with van der Waals surface area (Å²) in [6.45, 7) is 19.3. The Hall–Kier alpha value is -0.680. The van der Waals surface area contributed by atoms with Gasteiger partial charge in [-0.05, 0) is 157 Å². The van der Waals surface area contributed by atoms with Crippen LogP contribution >= 0.6 is 0 Å². The maximum Gasteiger partial charge on any atom is 0.0644 e. The van der Waals surface area contributed by atoms with Gasteiger partial charge in [-0.25, -0.2) is 0 Å². The largest absolute Gasteiger partial charge is 0.380 e. The second kappa shape index (κ2) is 29.0. The van der Waals surface area contributed by atoms with Gasteiger partial charge in [0.2, 0.25) is 0 Å². The molecule has 0 saturated heterocycles. The molecule has 0 amide bonds. The molecule has 4 aliphatic carbocycles. The van der Waals surface area contributed by atoms with E-state index < -0.39 is 0 Å². The summed E-state index contributed by atoms with van der Waals surface area (Å²) in [5.41, 5.74) is 2.78. The maximum atomic E-state index is 6.59. The quantitative estimate of drug-likeness (QED) is 0.0477. The van der Waals surface area contributed by atoms with Crippen molar-refractivity contribution in [3.05, 3.63) is 23.8 Å². The van der Waals surface area contributed by atoms with Gasteiger partial charge in [0.05, 0.1) is 25.4 Å². The molecule has 0 spiro atoms. The van der Waals surface area contributed by atoms with E-state index in [0.29, 0.717) is 23.0 Å². The summed E-state index contributed by atoms with van der Waals surface area (Å²) >= 11 is 0. The number of allylic oxidation sites excluding steroid dienone is 3. The molecular formula is C56H103NO3. The lowest BCUT2D eigenvalue weighted by molar-refractivity contribution is -0.0641. The van der Waals surface area contributed by atoms with Gasteiger partial charge in [-0.3, -0.25) is 0 Å². The van der Waals surface area contributed by atoms with Crippen molar-refractivity contribution >= 4 is 0 Å². The Balaban J connectivity index is 0.976. The first-order valence-corrected chi connectivity index (χ1v) is 26.9. The molecule has 0 N–H and O–H groups in total. The highest BCUT2D eigenvalue weighted by atomic mass is 16.5. The first-order chi connectivity index (χ1) is 29.1. The van der Waals surface area contributed by atoms with Crippen LogP contribution in [0.25, 0.3) is 0 Å². The highest BCUT2D eigenvalue weighted by molar-refractivity contribution is 5.25. The molecule has 5 unspecified atom stereocenters. The molecule has 60 heavy (non-hydrogen) atoms. The normalized spacial score (nSPS) is 28.9. The monoisotopic (exact) mass is 838 g/mol. The summed E-state index contributed by atoms with van der Waals surface area (Å²) in [4.78, 5) is 2.26. The maximum absolute atomic E-state index is 6.59. The summed E-state index contributed by atoms with van der Waals surface area (Å²) in [5, 5.41) is 0. The molecule has 0 aliphatic heterocycles. The molecule has 350 valence electrons. The fraction of sp³-hybridized carbons (Fsp3) is 0.929. The van der Waals surface area contributed by atoms with Gasteiger partial charge in [0.1, 0.15) is 0 Å². The predicted octanol–water partition coefficient (Wildman–Crippen LogP) is 16.0. The topological polar surface area (TPSA) is 30.9 Å². The molecule has 3 saturated carbocycles. The molecule has 0 aromatic carbocycles. The number of hydrogen-bond donors (Lipinski definition) is 0. The van der Waals surface area contributed by atoms with E-state index in [2.05, 4.69) is 78.8 Å². The predicted molar refractivity (Wildman–Crippen MR) is 260 cm³/mol. The van der Waals surface area contributed by atoms with Crippen LogP contribution in [0, 0.1) is 46.3 Å². The van der Waals surface area contributed by atoms with Gasteiger partial charge in [-0.15, -0.1) is 0 Å². The molecule has 4 rings (SSSR count). The summed E-state index contributed by atoms with van der Waals surface area (Å²) in [7, 11) is 4.31. The van der Waals surface area contributed by atoms with Crippen LogP contribution < -0.4 is 0 Å². The lowest BCUT2D eigenvalue weighted by Gasteiger charge is -2.58. The number of likely N-dealkylation sites (N-methyl/N-ethyl adjacent to an activating group) is 1. The van der Waals surface area contributed by atoms with E-state index in [9.17, 15) is 0 Å². The smallest absolute Gasteiger partial charge is 0.0644 e. The van der Waals surface area contributed by atoms with Crippen LogP contribution in [0.2, 0.25) is 0 Å². The first kappa shape index (κ1) is 51.9. The molecule has 0 aromatic rings. The van der Waals surface area contributed by atoms with E-state index >= 15 is 0 Å². The summed E-state index contributed by atoms with van der Waals surface area (Å²) < 4.78 is 18.8. The van der Waals surface area contributed by atoms with Crippen LogP contribution in [-0.2, 0) is 14.2 Å². The molecule has 0 aromatic heterocycles. The van der Waals surface area contributed by atoms with Crippen LogP contribution in [-0.4, -0.2) is 64.2 Å². The first-order valence-electron chi connectivity index (χ1n) is 26.9. The zero-order chi connectivity index (χ0) is 43.1. The third kappa shape index (κ3) is 17.0. The molecule has 0 radical (unpaired) electrons. The minimum Gasteiger partial charge on any atom is -0.380 e. The van der Waals surface area contributed by atoms with E-state index in [1.54, 1.807) is 5.57 Å². The molecule has 0 heterocycles. The van der Waals surface area contributed by atoms with E-state index in [-0.39, 0.29) is 0 Å². The number of fused-ring (bicyclic) bond motifs is 5. The van der Waals surface area contributed by atoms with Gasteiger partial charge in [-0.2, -0.15) is 0 Å². The van der Waals surface area contributed by atoms with Gasteiger partial charge in [0.15, 0.2) is 0 Å². The van der Waals surface area contributed by atoms with E-state index in [1.807, 2.05) is 0 Å². The number of ether oxygens (including phenoxy) is 3. The third-order valence-corrected chi connectivity index (χ3v) is 16.9. The zero-order valence-electron chi connectivity index (χ0n) is 41.6. The standard InChI is InChI=1S/C56H103NO3/c1-9-10-11-12-13-14-15-16-17-18-19-20-21-22-23-26-40-58-44-49(57(7)8)45-59-41-27-24-25-28-42-60-50-36-38-55(5)48(43-50)32-33-51-53-35-34-52(47(4)31-29-30-46(2)3)56(53,6)39-37-54(51)55/h16-17,32,46-47,49-54H,9-15,18-31,33-45H2,1-8H3/t47?,49-,50-,51?,52?,53?,54?,55-,56+/m0/s1. The van der Waals surface area contributed by atoms with Gasteiger partial charge in [-0.1, -0.05) is 155 Å². The molecule has 4 aliphatic rings. The lowest BCUT2D eigenvalue weighted by atomic mass is 9.47. The second-order valence-corrected chi connectivity index (χ2v) is 22.1. The average Bonchev–Trinajstić information content (AvgIpc) is 3.59. The Morgan fingerprint density at radius 3 is 1.88 bits per heavy atom. The number of unbranched alkanes of at least 4 members (excludes halogenated alkanes) is 15. The minimum absolute atomic E-state index is 0.335. The van der Waals surface area contributed by atoms with Crippen molar-refractivity contribution in [1.82, 2.24) is 4.90 Å². The Kier molecular flexibility index (Phi) is 25.1. The van der Waals surface area contributed by atoms with Gasteiger partial charge in [0, 0.05) is 19.8 Å². The number of rotatable bonds is 34. The van der Waals surface area contributed by atoms with E-state index in [1.165, 1.54) is 180 Å².